The molecule has 0 fully saturated rings. The van der Waals surface area contributed by atoms with Gasteiger partial charge in [0.1, 0.15) is 0 Å². The van der Waals surface area contributed by atoms with Crippen molar-refractivity contribution in [2.24, 2.45) is 0 Å². The van der Waals surface area contributed by atoms with E-state index in [0.717, 1.165) is 44.1 Å². The third-order valence-electron chi connectivity index (χ3n) is 4.44. The number of rotatable bonds is 12. The summed E-state index contributed by atoms with van der Waals surface area (Å²) in [6.07, 6.45) is 6.77. The Morgan fingerprint density at radius 3 is 1.84 bits per heavy atom. The number of methoxy groups -OCH3 is 3. The molecular weight excluding hydrogens is 383 g/mol. The van der Waals surface area contributed by atoms with Gasteiger partial charge in [-0.25, -0.2) is 0 Å². The van der Waals surface area contributed by atoms with Gasteiger partial charge in [-0.2, -0.15) is 0 Å². The number of hydrogen-bond acceptors (Lipinski definition) is 3. The molecule has 0 N–H and O–H groups in total. The molecule has 1 rings (SSSR count). The van der Waals surface area contributed by atoms with Crippen molar-refractivity contribution in [2.75, 3.05) is 21.3 Å². The number of hydrogen-bond donors (Lipinski definition) is 0. The fraction of sp³-hybridized carbons (Fsp3) is 0.684. The number of benzene rings is 1. The average Bonchev–Trinajstić information content (AvgIpc) is 2.60. The van der Waals surface area contributed by atoms with Gasteiger partial charge in [0.05, 0.1) is 5.92 Å². The van der Waals surface area contributed by atoms with Crippen molar-refractivity contribution in [1.29, 1.82) is 0 Å². The highest BCUT2D eigenvalue weighted by Gasteiger charge is 2.40. The molecule has 0 aliphatic rings. The van der Waals surface area contributed by atoms with Crippen molar-refractivity contribution >= 4 is 34.8 Å². The minimum Gasteiger partial charge on any atom is -0.330 e. The van der Waals surface area contributed by atoms with Gasteiger partial charge in [0.25, 0.3) is 5.97 Å². The summed E-state index contributed by atoms with van der Waals surface area (Å²) in [6.45, 7) is 0. The smallest absolute Gasteiger partial charge is 0.289 e. The van der Waals surface area contributed by atoms with Crippen LogP contribution in [0.4, 0.5) is 0 Å². The van der Waals surface area contributed by atoms with Crippen molar-refractivity contribution in [2.45, 2.75) is 60.6 Å². The first-order chi connectivity index (χ1) is 11.9. The van der Waals surface area contributed by atoms with Gasteiger partial charge in [-0.05, 0) is 24.8 Å². The molecule has 1 atom stereocenters. The fourth-order valence-corrected chi connectivity index (χ4v) is 3.51. The molecule has 0 bridgehead atoms. The number of halogens is 3. The van der Waals surface area contributed by atoms with Crippen LogP contribution in [0.25, 0.3) is 0 Å². The van der Waals surface area contributed by atoms with Crippen LogP contribution in [-0.2, 0) is 14.2 Å². The molecule has 144 valence electrons. The van der Waals surface area contributed by atoms with Crippen LogP contribution in [0.1, 0.15) is 56.4 Å². The minimum atomic E-state index is -1.13. The van der Waals surface area contributed by atoms with Gasteiger partial charge < -0.3 is 14.2 Å². The first-order valence-electron chi connectivity index (χ1n) is 8.65. The molecule has 0 aliphatic heterocycles. The van der Waals surface area contributed by atoms with E-state index in [0.29, 0.717) is 6.42 Å². The van der Waals surface area contributed by atoms with E-state index in [4.69, 9.17) is 49.0 Å². The lowest BCUT2D eigenvalue weighted by atomic mass is 9.90. The number of alkyl halides is 3. The van der Waals surface area contributed by atoms with Gasteiger partial charge in [-0.3, -0.25) is 0 Å². The molecule has 0 spiro atoms. The standard InChI is InChI=1S/C19H29Cl3O3/c1-23-19(24-2,25-3)17(16-12-8-7-9-13-16)14-10-5-4-6-11-15-18(20,21)22/h7-9,12-13,17H,4-6,10-11,14-15H2,1-3H3. The van der Waals surface area contributed by atoms with E-state index in [1.165, 1.54) is 0 Å². The Bertz CT molecular complexity index is 450. The first kappa shape index (κ1) is 23.0. The van der Waals surface area contributed by atoms with Crippen molar-refractivity contribution in [3.05, 3.63) is 35.9 Å². The fourth-order valence-electron chi connectivity index (χ4n) is 3.11. The van der Waals surface area contributed by atoms with Crippen LogP contribution >= 0.6 is 34.8 Å². The largest absolute Gasteiger partial charge is 0.330 e. The van der Waals surface area contributed by atoms with Crippen LogP contribution in [0.3, 0.4) is 0 Å². The second kappa shape index (κ2) is 11.6. The van der Waals surface area contributed by atoms with E-state index in [1.807, 2.05) is 18.2 Å². The van der Waals surface area contributed by atoms with Gasteiger partial charge in [0, 0.05) is 21.3 Å². The summed E-state index contributed by atoms with van der Waals surface area (Å²) < 4.78 is 15.7. The third kappa shape index (κ3) is 8.03. The van der Waals surface area contributed by atoms with Crippen LogP contribution in [0.5, 0.6) is 0 Å². The summed E-state index contributed by atoms with van der Waals surface area (Å²) in [7, 11) is 4.83. The molecule has 1 aromatic carbocycles. The van der Waals surface area contributed by atoms with E-state index in [-0.39, 0.29) is 5.92 Å². The third-order valence-corrected chi connectivity index (χ3v) is 5.00. The summed E-state index contributed by atoms with van der Waals surface area (Å²) in [6, 6.07) is 10.2. The van der Waals surface area contributed by atoms with E-state index in [2.05, 4.69) is 12.1 Å². The molecule has 1 unspecified atom stereocenters. The van der Waals surface area contributed by atoms with Crippen LogP contribution < -0.4 is 0 Å². The van der Waals surface area contributed by atoms with Crippen molar-refractivity contribution < 1.29 is 14.2 Å². The summed E-state index contributed by atoms with van der Waals surface area (Å²) in [5.74, 6) is -1.08. The van der Waals surface area contributed by atoms with E-state index in [9.17, 15) is 0 Å². The summed E-state index contributed by atoms with van der Waals surface area (Å²) in [5.41, 5.74) is 1.14. The second-order valence-corrected chi connectivity index (χ2v) is 8.62. The highest BCUT2D eigenvalue weighted by molar-refractivity contribution is 6.67. The molecule has 3 nitrogen and oxygen atoms in total. The van der Waals surface area contributed by atoms with Crippen molar-refractivity contribution in [1.82, 2.24) is 0 Å². The molecule has 0 aromatic heterocycles. The first-order valence-corrected chi connectivity index (χ1v) is 9.79. The lowest BCUT2D eigenvalue weighted by Crippen LogP contribution is -2.42. The summed E-state index contributed by atoms with van der Waals surface area (Å²) in [4.78, 5) is 0. The Morgan fingerprint density at radius 1 is 0.800 bits per heavy atom. The molecule has 25 heavy (non-hydrogen) atoms. The zero-order valence-corrected chi connectivity index (χ0v) is 17.5. The van der Waals surface area contributed by atoms with Gasteiger partial charge >= 0.3 is 0 Å². The van der Waals surface area contributed by atoms with Crippen LogP contribution in [0.15, 0.2) is 30.3 Å². The lowest BCUT2D eigenvalue weighted by molar-refractivity contribution is -0.365. The molecule has 6 heteroatoms. The predicted octanol–water partition coefficient (Wildman–Crippen LogP) is 6.46. The maximum Gasteiger partial charge on any atom is 0.289 e. The normalized spacial score (nSPS) is 13.8. The number of ether oxygens (including phenoxy) is 3. The molecule has 0 heterocycles. The van der Waals surface area contributed by atoms with E-state index < -0.39 is 9.77 Å². The van der Waals surface area contributed by atoms with Crippen molar-refractivity contribution in [3.8, 4) is 0 Å². The van der Waals surface area contributed by atoms with E-state index in [1.54, 1.807) is 21.3 Å². The quantitative estimate of drug-likeness (QED) is 0.224. The lowest BCUT2D eigenvalue weighted by Gasteiger charge is -2.36. The van der Waals surface area contributed by atoms with Gasteiger partial charge in [-0.15, -0.1) is 0 Å². The Kier molecular flexibility index (Phi) is 10.7. The summed E-state index contributed by atoms with van der Waals surface area (Å²) in [5, 5.41) is 0. The molecule has 0 amide bonds. The van der Waals surface area contributed by atoms with Gasteiger partial charge in [0.2, 0.25) is 0 Å². The second-order valence-electron chi connectivity index (χ2n) is 6.10. The van der Waals surface area contributed by atoms with Crippen LogP contribution in [0.2, 0.25) is 0 Å². The van der Waals surface area contributed by atoms with Crippen LogP contribution in [0, 0.1) is 0 Å². The molecular formula is C19H29Cl3O3. The number of unbranched alkanes of at least 4 members (excludes halogenated alkanes) is 4. The van der Waals surface area contributed by atoms with E-state index >= 15 is 0 Å². The Morgan fingerprint density at radius 2 is 1.32 bits per heavy atom. The maximum absolute atomic E-state index is 5.77. The Labute approximate surface area is 166 Å². The predicted molar refractivity (Wildman–Crippen MR) is 106 cm³/mol. The van der Waals surface area contributed by atoms with Gasteiger partial charge in [0.15, 0.2) is 3.79 Å². The zero-order chi connectivity index (χ0) is 18.8. The highest BCUT2D eigenvalue weighted by Crippen LogP contribution is 2.37. The highest BCUT2D eigenvalue weighted by atomic mass is 35.6. The van der Waals surface area contributed by atoms with Crippen LogP contribution in [-0.4, -0.2) is 31.1 Å². The Balaban J connectivity index is 2.55. The molecule has 0 aliphatic carbocycles. The van der Waals surface area contributed by atoms with Gasteiger partial charge in [-0.1, -0.05) is 90.8 Å². The van der Waals surface area contributed by atoms with Crippen molar-refractivity contribution in [3.63, 3.8) is 0 Å². The average molecular weight is 412 g/mol. The monoisotopic (exact) mass is 410 g/mol. The Hall–Kier alpha value is -0.0300. The zero-order valence-electron chi connectivity index (χ0n) is 15.3. The molecule has 0 radical (unpaired) electrons. The minimum absolute atomic E-state index is 0.00475. The SMILES string of the molecule is COC(OC)(OC)C(CCCCCCCC(Cl)(Cl)Cl)c1ccccc1. The molecule has 1 aromatic rings. The topological polar surface area (TPSA) is 27.7 Å². The molecule has 0 saturated heterocycles. The maximum atomic E-state index is 5.77. The molecule has 0 saturated carbocycles. The summed E-state index contributed by atoms with van der Waals surface area (Å²) >= 11 is 17.3.